The number of furan rings is 1. The number of urea groups is 1. The number of rotatable bonds is 6. The van der Waals surface area contributed by atoms with Crippen molar-refractivity contribution in [3.63, 3.8) is 0 Å². The molecular weight excluding hydrogens is 342 g/mol. The van der Waals surface area contributed by atoms with Gasteiger partial charge < -0.3 is 24.7 Å². The Hall–Kier alpha value is -2.18. The lowest BCUT2D eigenvalue weighted by Gasteiger charge is -2.29. The zero-order valence-electron chi connectivity index (χ0n) is 14.0. The second kappa shape index (κ2) is 8.78. The molecule has 1 aliphatic heterocycles. The molecule has 1 fully saturated rings. The van der Waals surface area contributed by atoms with Gasteiger partial charge in [-0.05, 0) is 36.8 Å². The molecule has 1 aromatic heterocycles. The number of benzene rings is 1. The van der Waals surface area contributed by atoms with E-state index in [1.54, 1.807) is 12.3 Å². The van der Waals surface area contributed by atoms with Crippen molar-refractivity contribution < 1.29 is 13.9 Å². The summed E-state index contributed by atoms with van der Waals surface area (Å²) in [6.45, 7) is 3.65. The van der Waals surface area contributed by atoms with Gasteiger partial charge in [0.1, 0.15) is 5.76 Å². The summed E-state index contributed by atoms with van der Waals surface area (Å²) in [6.07, 6.45) is 3.25. The van der Waals surface area contributed by atoms with Crippen LogP contribution >= 0.6 is 11.6 Å². The molecule has 0 radical (unpaired) electrons. The van der Waals surface area contributed by atoms with E-state index in [1.807, 2.05) is 24.3 Å². The van der Waals surface area contributed by atoms with E-state index in [0.29, 0.717) is 30.5 Å². The third-order valence-corrected chi connectivity index (χ3v) is 4.37. The molecule has 1 aliphatic rings. The van der Waals surface area contributed by atoms with Gasteiger partial charge in [0.05, 0.1) is 30.2 Å². The molecule has 1 aromatic carbocycles. The Morgan fingerprint density at radius 1 is 1.24 bits per heavy atom. The van der Waals surface area contributed by atoms with Crippen LogP contribution in [0, 0.1) is 0 Å². The van der Waals surface area contributed by atoms with Crippen LogP contribution in [0.15, 0.2) is 41.0 Å². The van der Waals surface area contributed by atoms with Crippen molar-refractivity contribution in [2.24, 2.45) is 0 Å². The van der Waals surface area contributed by atoms with Gasteiger partial charge in [0.2, 0.25) is 0 Å². The molecule has 7 heteroatoms. The highest BCUT2D eigenvalue weighted by molar-refractivity contribution is 6.33. The molecule has 2 N–H and O–H groups in total. The predicted octanol–water partition coefficient (Wildman–Crippen LogP) is 3.52. The van der Waals surface area contributed by atoms with Crippen molar-refractivity contribution in [2.45, 2.75) is 12.8 Å². The third kappa shape index (κ3) is 5.14. The zero-order valence-corrected chi connectivity index (χ0v) is 14.7. The topological polar surface area (TPSA) is 66.7 Å². The van der Waals surface area contributed by atoms with E-state index >= 15 is 0 Å². The summed E-state index contributed by atoms with van der Waals surface area (Å²) in [6, 6.07) is 9.19. The summed E-state index contributed by atoms with van der Waals surface area (Å²) in [5.41, 5.74) is 1.63. The maximum atomic E-state index is 12.1. The number of ether oxygens (including phenoxy) is 1. The van der Waals surface area contributed by atoms with Crippen LogP contribution in [0.5, 0.6) is 0 Å². The van der Waals surface area contributed by atoms with E-state index in [4.69, 9.17) is 20.8 Å². The first kappa shape index (κ1) is 17.6. The highest BCUT2D eigenvalue weighted by Gasteiger charge is 2.13. The van der Waals surface area contributed by atoms with Gasteiger partial charge in [0, 0.05) is 31.7 Å². The van der Waals surface area contributed by atoms with Gasteiger partial charge in [-0.3, -0.25) is 0 Å². The highest BCUT2D eigenvalue weighted by Crippen LogP contribution is 2.28. The fourth-order valence-corrected chi connectivity index (χ4v) is 2.88. The molecule has 134 valence electrons. The minimum atomic E-state index is -0.263. The maximum absolute atomic E-state index is 12.1. The van der Waals surface area contributed by atoms with Crippen molar-refractivity contribution in [3.05, 3.63) is 47.4 Å². The first-order valence-corrected chi connectivity index (χ1v) is 8.79. The summed E-state index contributed by atoms with van der Waals surface area (Å²) in [5, 5.41) is 6.17. The normalized spacial score (nSPS) is 14.4. The lowest BCUT2D eigenvalue weighted by molar-refractivity contribution is 0.122. The molecule has 0 saturated carbocycles. The van der Waals surface area contributed by atoms with Gasteiger partial charge in [0.25, 0.3) is 0 Å². The molecule has 6 nitrogen and oxygen atoms in total. The van der Waals surface area contributed by atoms with Crippen LogP contribution in [-0.2, 0) is 11.2 Å². The van der Waals surface area contributed by atoms with Gasteiger partial charge in [-0.15, -0.1) is 0 Å². The number of morpholine rings is 1. The van der Waals surface area contributed by atoms with E-state index in [0.717, 1.165) is 37.4 Å². The second-order valence-corrected chi connectivity index (χ2v) is 6.23. The number of carbonyl (C=O) groups is 1. The Morgan fingerprint density at radius 3 is 2.84 bits per heavy atom. The molecule has 0 atom stereocenters. The minimum Gasteiger partial charge on any atom is -0.469 e. The Kier molecular flexibility index (Phi) is 6.19. The number of amides is 2. The van der Waals surface area contributed by atoms with Crippen LogP contribution in [0.3, 0.4) is 0 Å². The fourth-order valence-electron chi connectivity index (χ4n) is 2.71. The van der Waals surface area contributed by atoms with Crippen molar-refractivity contribution in [3.8, 4) is 0 Å². The molecule has 0 spiro atoms. The molecule has 0 aliphatic carbocycles. The average Bonchev–Trinajstić information content (AvgIpc) is 3.15. The monoisotopic (exact) mass is 363 g/mol. The Balaban J connectivity index is 1.49. The zero-order chi connectivity index (χ0) is 17.5. The first-order valence-electron chi connectivity index (χ1n) is 8.42. The van der Waals surface area contributed by atoms with Crippen LogP contribution in [0.1, 0.15) is 12.2 Å². The van der Waals surface area contributed by atoms with Crippen LogP contribution < -0.4 is 15.5 Å². The van der Waals surface area contributed by atoms with Crippen LogP contribution in [-0.4, -0.2) is 38.9 Å². The fraction of sp³-hybridized carbons (Fsp3) is 0.389. The van der Waals surface area contributed by atoms with Gasteiger partial charge in [-0.1, -0.05) is 11.6 Å². The van der Waals surface area contributed by atoms with E-state index in [9.17, 15) is 4.79 Å². The molecule has 2 heterocycles. The predicted molar refractivity (Wildman–Crippen MR) is 98.5 cm³/mol. The number of nitrogens with zero attached hydrogens (tertiary/aromatic N) is 1. The van der Waals surface area contributed by atoms with Gasteiger partial charge in [-0.2, -0.15) is 0 Å². The van der Waals surface area contributed by atoms with Gasteiger partial charge in [-0.25, -0.2) is 4.79 Å². The van der Waals surface area contributed by atoms with Crippen LogP contribution in [0.25, 0.3) is 0 Å². The lowest BCUT2D eigenvalue weighted by Crippen LogP contribution is -2.36. The Morgan fingerprint density at radius 2 is 2.08 bits per heavy atom. The van der Waals surface area contributed by atoms with Crippen molar-refractivity contribution >= 4 is 29.0 Å². The average molecular weight is 364 g/mol. The molecule has 0 bridgehead atoms. The summed E-state index contributed by atoms with van der Waals surface area (Å²) < 4.78 is 10.6. The van der Waals surface area contributed by atoms with Crippen molar-refractivity contribution in [2.75, 3.05) is 43.1 Å². The summed E-state index contributed by atoms with van der Waals surface area (Å²) in [7, 11) is 0. The molecule has 3 rings (SSSR count). The van der Waals surface area contributed by atoms with E-state index < -0.39 is 0 Å². The van der Waals surface area contributed by atoms with Crippen LogP contribution in [0.2, 0.25) is 5.02 Å². The molecule has 2 aromatic rings. The number of hydrogen-bond acceptors (Lipinski definition) is 4. The highest BCUT2D eigenvalue weighted by atomic mass is 35.5. The molecule has 1 saturated heterocycles. The quantitative estimate of drug-likeness (QED) is 0.770. The number of hydrogen-bond donors (Lipinski definition) is 2. The first-order chi connectivity index (χ1) is 12.2. The number of halogens is 1. The smallest absolute Gasteiger partial charge is 0.319 e. The third-order valence-electron chi connectivity index (χ3n) is 4.04. The number of nitrogens with one attached hydrogen (secondary N) is 2. The van der Waals surface area contributed by atoms with E-state index in [1.165, 1.54) is 0 Å². The minimum absolute atomic E-state index is 0.263. The number of anilines is 2. The lowest BCUT2D eigenvalue weighted by atomic mass is 10.2. The second-order valence-electron chi connectivity index (χ2n) is 5.83. The summed E-state index contributed by atoms with van der Waals surface area (Å²) >= 11 is 6.21. The van der Waals surface area contributed by atoms with E-state index in [-0.39, 0.29) is 6.03 Å². The SMILES string of the molecule is O=C(NCCCc1ccco1)Nc1cc(N2CCOCC2)ccc1Cl. The van der Waals surface area contributed by atoms with Gasteiger partial charge in [0.15, 0.2) is 0 Å². The Labute approximate surface area is 152 Å². The van der Waals surface area contributed by atoms with Crippen molar-refractivity contribution in [1.82, 2.24) is 5.32 Å². The molecular formula is C18H22ClN3O3. The van der Waals surface area contributed by atoms with Crippen LogP contribution in [0.4, 0.5) is 16.2 Å². The largest absolute Gasteiger partial charge is 0.469 e. The molecule has 2 amide bonds. The summed E-state index contributed by atoms with van der Waals surface area (Å²) in [4.78, 5) is 14.3. The van der Waals surface area contributed by atoms with Crippen molar-refractivity contribution in [1.29, 1.82) is 0 Å². The standard InChI is InChI=1S/C18H22ClN3O3/c19-16-6-5-14(22-8-11-24-12-9-22)13-17(16)21-18(23)20-7-1-3-15-4-2-10-25-15/h2,4-6,10,13H,1,3,7-9,11-12H2,(H2,20,21,23). The Bertz CT molecular complexity index is 685. The molecule has 0 unspecified atom stereocenters. The molecule has 25 heavy (non-hydrogen) atoms. The summed E-state index contributed by atoms with van der Waals surface area (Å²) in [5.74, 6) is 0.920. The van der Waals surface area contributed by atoms with Gasteiger partial charge >= 0.3 is 6.03 Å². The van der Waals surface area contributed by atoms with E-state index in [2.05, 4.69) is 15.5 Å². The number of carbonyl (C=O) groups excluding carboxylic acids is 1. The number of aryl methyl sites for hydroxylation is 1. The maximum Gasteiger partial charge on any atom is 0.319 e.